The van der Waals surface area contributed by atoms with Crippen molar-refractivity contribution in [2.45, 2.75) is 12.5 Å². The van der Waals surface area contributed by atoms with Crippen LogP contribution in [0.1, 0.15) is 18.0 Å². The monoisotopic (exact) mass is 320 g/mol. The Bertz CT molecular complexity index is 404. The number of rotatable bonds is 2. The second-order valence-corrected chi connectivity index (χ2v) is 5.82. The first kappa shape index (κ1) is 13.3. The molecule has 17 heavy (non-hydrogen) atoms. The first-order valence-corrected chi connectivity index (χ1v) is 6.74. The van der Waals surface area contributed by atoms with Crippen LogP contribution in [0.3, 0.4) is 0 Å². The molecule has 2 unspecified atom stereocenters. The predicted octanol–water partition coefficient (Wildman–Crippen LogP) is 3.19. The van der Waals surface area contributed by atoms with E-state index in [9.17, 15) is 4.39 Å². The first-order valence-electron chi connectivity index (χ1n) is 5.57. The molecule has 5 heteroatoms. The molecule has 1 aliphatic rings. The van der Waals surface area contributed by atoms with Crippen LogP contribution in [-0.4, -0.2) is 25.0 Å². The van der Waals surface area contributed by atoms with E-state index in [1.54, 1.807) is 0 Å². The quantitative estimate of drug-likeness (QED) is 0.848. The summed E-state index contributed by atoms with van der Waals surface area (Å²) in [6, 6.07) is 3.64. The van der Waals surface area contributed by atoms with Crippen molar-refractivity contribution in [1.29, 1.82) is 0 Å². The summed E-state index contributed by atoms with van der Waals surface area (Å²) in [6.45, 7) is 1.64. The number of benzene rings is 1. The number of nitrogens with zero attached hydrogens (tertiary/aromatic N) is 1. The maximum absolute atomic E-state index is 13.6. The Balaban J connectivity index is 2.29. The molecule has 0 bridgehead atoms. The van der Waals surface area contributed by atoms with Crippen LogP contribution in [0.2, 0.25) is 5.02 Å². The van der Waals surface area contributed by atoms with Crippen LogP contribution in [0, 0.1) is 11.7 Å². The summed E-state index contributed by atoms with van der Waals surface area (Å²) in [7, 11) is 2.04. The number of halogens is 3. The molecule has 1 heterocycles. The highest BCUT2D eigenvalue weighted by Gasteiger charge is 2.30. The van der Waals surface area contributed by atoms with Crippen molar-refractivity contribution in [3.8, 4) is 0 Å². The molecule has 2 N–H and O–H groups in total. The SMILES string of the molecule is CN1CC(CN)CC1c1cc(F)c(Cl)c(Br)c1. The molecule has 0 amide bonds. The standard InChI is InChI=1S/C12H15BrClFN2/c1-17-6-7(5-16)2-11(17)8-3-9(13)12(14)10(15)4-8/h3-4,7,11H,2,5-6,16H2,1H3. The Morgan fingerprint density at radius 1 is 1.59 bits per heavy atom. The molecule has 1 aromatic carbocycles. The van der Waals surface area contributed by atoms with Crippen LogP contribution in [0.5, 0.6) is 0 Å². The van der Waals surface area contributed by atoms with E-state index in [2.05, 4.69) is 20.8 Å². The van der Waals surface area contributed by atoms with E-state index in [-0.39, 0.29) is 16.9 Å². The van der Waals surface area contributed by atoms with E-state index in [0.29, 0.717) is 16.9 Å². The topological polar surface area (TPSA) is 29.3 Å². The lowest BCUT2D eigenvalue weighted by atomic mass is 10.00. The average molecular weight is 322 g/mol. The number of hydrogen-bond donors (Lipinski definition) is 1. The van der Waals surface area contributed by atoms with E-state index < -0.39 is 0 Å². The van der Waals surface area contributed by atoms with Crippen LogP contribution in [0.25, 0.3) is 0 Å². The van der Waals surface area contributed by atoms with Crippen molar-refractivity contribution >= 4 is 27.5 Å². The van der Waals surface area contributed by atoms with Crippen molar-refractivity contribution in [2.75, 3.05) is 20.1 Å². The number of likely N-dealkylation sites (tertiary alicyclic amines) is 1. The minimum atomic E-state index is -0.374. The molecule has 2 rings (SSSR count). The molecule has 94 valence electrons. The summed E-state index contributed by atoms with van der Waals surface area (Å²) < 4.78 is 14.2. The molecular weight excluding hydrogens is 307 g/mol. The summed E-state index contributed by atoms with van der Waals surface area (Å²) >= 11 is 9.07. The van der Waals surface area contributed by atoms with Crippen molar-refractivity contribution in [2.24, 2.45) is 11.7 Å². The molecule has 0 aromatic heterocycles. The Kier molecular flexibility index (Phi) is 4.08. The van der Waals surface area contributed by atoms with Crippen LogP contribution >= 0.6 is 27.5 Å². The van der Waals surface area contributed by atoms with Crippen LogP contribution < -0.4 is 5.73 Å². The molecule has 0 aliphatic carbocycles. The van der Waals surface area contributed by atoms with Gasteiger partial charge < -0.3 is 5.73 Å². The van der Waals surface area contributed by atoms with Gasteiger partial charge in [0.1, 0.15) is 5.82 Å². The second kappa shape index (κ2) is 5.22. The van der Waals surface area contributed by atoms with Crippen LogP contribution in [0.4, 0.5) is 4.39 Å². The molecule has 0 saturated carbocycles. The zero-order valence-corrected chi connectivity index (χ0v) is 11.9. The van der Waals surface area contributed by atoms with Gasteiger partial charge in [0.2, 0.25) is 0 Å². The van der Waals surface area contributed by atoms with Crippen molar-refractivity contribution in [3.63, 3.8) is 0 Å². The predicted molar refractivity (Wildman–Crippen MR) is 71.6 cm³/mol. The third kappa shape index (κ3) is 2.65. The summed E-state index contributed by atoms with van der Waals surface area (Å²) in [6.07, 6.45) is 0.973. The van der Waals surface area contributed by atoms with Crippen molar-refractivity contribution in [1.82, 2.24) is 4.90 Å². The van der Waals surface area contributed by atoms with Gasteiger partial charge in [0, 0.05) is 17.1 Å². The van der Waals surface area contributed by atoms with E-state index in [1.807, 2.05) is 13.1 Å². The van der Waals surface area contributed by atoms with Gasteiger partial charge >= 0.3 is 0 Å². The lowest BCUT2D eigenvalue weighted by Gasteiger charge is -2.20. The summed E-state index contributed by atoms with van der Waals surface area (Å²) in [4.78, 5) is 2.21. The normalized spacial score (nSPS) is 25.5. The number of hydrogen-bond acceptors (Lipinski definition) is 2. The molecule has 1 aromatic rings. The minimum absolute atomic E-state index is 0.143. The van der Waals surface area contributed by atoms with E-state index in [4.69, 9.17) is 17.3 Å². The van der Waals surface area contributed by atoms with Gasteiger partial charge in [-0.3, -0.25) is 4.90 Å². The molecule has 1 fully saturated rings. The van der Waals surface area contributed by atoms with Gasteiger partial charge in [0.25, 0.3) is 0 Å². The number of nitrogens with two attached hydrogens (primary N) is 1. The molecule has 1 saturated heterocycles. The molecule has 2 atom stereocenters. The molecular formula is C12H15BrClFN2. The fourth-order valence-electron chi connectivity index (χ4n) is 2.43. The van der Waals surface area contributed by atoms with Gasteiger partial charge in [-0.1, -0.05) is 11.6 Å². The Morgan fingerprint density at radius 2 is 2.29 bits per heavy atom. The highest BCUT2D eigenvalue weighted by Crippen LogP contribution is 2.37. The lowest BCUT2D eigenvalue weighted by Crippen LogP contribution is -2.20. The van der Waals surface area contributed by atoms with Crippen LogP contribution in [-0.2, 0) is 0 Å². The highest BCUT2D eigenvalue weighted by molar-refractivity contribution is 9.10. The third-order valence-corrected chi connectivity index (χ3v) is 4.60. The highest BCUT2D eigenvalue weighted by atomic mass is 79.9. The second-order valence-electron chi connectivity index (χ2n) is 4.59. The largest absolute Gasteiger partial charge is 0.330 e. The summed E-state index contributed by atoms with van der Waals surface area (Å²) in [5.41, 5.74) is 6.64. The molecule has 0 spiro atoms. The maximum Gasteiger partial charge on any atom is 0.143 e. The van der Waals surface area contributed by atoms with E-state index in [1.165, 1.54) is 6.07 Å². The molecule has 0 radical (unpaired) electrons. The minimum Gasteiger partial charge on any atom is -0.330 e. The third-order valence-electron chi connectivity index (χ3n) is 3.36. The Labute approximate surface area is 114 Å². The first-order chi connectivity index (χ1) is 8.02. The zero-order valence-electron chi connectivity index (χ0n) is 9.59. The van der Waals surface area contributed by atoms with Gasteiger partial charge in [0.15, 0.2) is 0 Å². The fourth-order valence-corrected chi connectivity index (χ4v) is 3.00. The van der Waals surface area contributed by atoms with E-state index >= 15 is 0 Å². The van der Waals surface area contributed by atoms with E-state index in [0.717, 1.165) is 18.5 Å². The molecule has 2 nitrogen and oxygen atoms in total. The van der Waals surface area contributed by atoms with Gasteiger partial charge in [0.05, 0.1) is 5.02 Å². The van der Waals surface area contributed by atoms with Crippen molar-refractivity contribution in [3.05, 3.63) is 33.0 Å². The van der Waals surface area contributed by atoms with Gasteiger partial charge in [-0.25, -0.2) is 4.39 Å². The van der Waals surface area contributed by atoms with Crippen molar-refractivity contribution < 1.29 is 4.39 Å². The van der Waals surface area contributed by atoms with Crippen LogP contribution in [0.15, 0.2) is 16.6 Å². The fraction of sp³-hybridized carbons (Fsp3) is 0.500. The van der Waals surface area contributed by atoms with Gasteiger partial charge in [-0.15, -0.1) is 0 Å². The molecule has 1 aliphatic heterocycles. The van der Waals surface area contributed by atoms with Gasteiger partial charge in [-0.2, -0.15) is 0 Å². The zero-order chi connectivity index (χ0) is 12.6. The Morgan fingerprint density at radius 3 is 2.82 bits per heavy atom. The smallest absolute Gasteiger partial charge is 0.143 e. The summed E-state index contributed by atoms with van der Waals surface area (Å²) in [5.74, 6) is 0.114. The Hall–Kier alpha value is -0.160. The average Bonchev–Trinajstić information content (AvgIpc) is 2.67. The lowest BCUT2D eigenvalue weighted by molar-refractivity contribution is 0.313. The summed E-state index contributed by atoms with van der Waals surface area (Å²) in [5, 5.41) is 0.143. The van der Waals surface area contributed by atoms with Gasteiger partial charge in [-0.05, 0) is 59.6 Å². The maximum atomic E-state index is 13.6.